The molecule has 2 N–H and O–H groups in total. The molecular weight excluding hydrogens is 390 g/mol. The third kappa shape index (κ3) is 4.67. The third-order valence-corrected chi connectivity index (χ3v) is 5.53. The normalized spacial score (nSPS) is 21.6. The maximum atomic E-state index is 12.5. The number of fused-ring (bicyclic) bond motifs is 1. The SMILES string of the molecule is CNC(=O)NC(=O)[C@@H](OC(=O)CCN1C(=O)[C@H]2CCCC[C@H]2C1=O)c1ccccc1. The van der Waals surface area contributed by atoms with Crippen LogP contribution in [-0.4, -0.2) is 48.2 Å². The minimum Gasteiger partial charge on any atom is -0.447 e. The quantitative estimate of drug-likeness (QED) is 0.533. The van der Waals surface area contributed by atoms with Crippen LogP contribution in [0.3, 0.4) is 0 Å². The molecular formula is C21H25N3O6. The van der Waals surface area contributed by atoms with E-state index in [2.05, 4.69) is 10.6 Å². The van der Waals surface area contributed by atoms with Gasteiger partial charge in [-0.1, -0.05) is 43.2 Å². The number of hydrogen-bond acceptors (Lipinski definition) is 6. The Morgan fingerprint density at radius 1 is 1.07 bits per heavy atom. The van der Waals surface area contributed by atoms with E-state index in [1.807, 2.05) is 0 Å². The van der Waals surface area contributed by atoms with Crippen LogP contribution in [0, 0.1) is 11.8 Å². The first-order chi connectivity index (χ1) is 14.4. The Morgan fingerprint density at radius 2 is 1.67 bits per heavy atom. The fraction of sp³-hybridized carbons (Fsp3) is 0.476. The lowest BCUT2D eigenvalue weighted by Crippen LogP contribution is -2.41. The van der Waals surface area contributed by atoms with Crippen LogP contribution < -0.4 is 10.6 Å². The topological polar surface area (TPSA) is 122 Å². The molecule has 0 bridgehead atoms. The number of carbonyl (C=O) groups excluding carboxylic acids is 5. The summed E-state index contributed by atoms with van der Waals surface area (Å²) in [5.41, 5.74) is 0.395. The van der Waals surface area contributed by atoms with E-state index in [-0.39, 0.29) is 36.6 Å². The summed E-state index contributed by atoms with van der Waals surface area (Å²) in [6.45, 7) is -0.0813. The van der Waals surface area contributed by atoms with Crippen LogP contribution in [0.4, 0.5) is 4.79 Å². The summed E-state index contributed by atoms with van der Waals surface area (Å²) in [4.78, 5) is 62.5. The molecule has 0 unspecified atom stereocenters. The number of esters is 1. The van der Waals surface area contributed by atoms with Crippen LogP contribution in [0.1, 0.15) is 43.8 Å². The van der Waals surface area contributed by atoms with Crippen molar-refractivity contribution in [3.05, 3.63) is 35.9 Å². The van der Waals surface area contributed by atoms with Gasteiger partial charge in [0.25, 0.3) is 5.91 Å². The molecule has 5 amide bonds. The zero-order valence-corrected chi connectivity index (χ0v) is 16.8. The van der Waals surface area contributed by atoms with Gasteiger partial charge < -0.3 is 10.1 Å². The molecule has 1 aliphatic carbocycles. The highest BCUT2D eigenvalue weighted by molar-refractivity contribution is 6.05. The molecule has 3 atom stereocenters. The number of carbonyl (C=O) groups is 5. The number of urea groups is 1. The lowest BCUT2D eigenvalue weighted by atomic mass is 9.81. The maximum Gasteiger partial charge on any atom is 0.321 e. The third-order valence-electron chi connectivity index (χ3n) is 5.53. The molecule has 0 spiro atoms. The van der Waals surface area contributed by atoms with Crippen molar-refractivity contribution >= 4 is 29.7 Å². The molecule has 1 saturated carbocycles. The molecule has 9 nitrogen and oxygen atoms in total. The summed E-state index contributed by atoms with van der Waals surface area (Å²) in [6, 6.07) is 7.55. The van der Waals surface area contributed by atoms with Gasteiger partial charge in [-0.25, -0.2) is 4.79 Å². The van der Waals surface area contributed by atoms with Gasteiger partial charge in [-0.15, -0.1) is 0 Å². The van der Waals surface area contributed by atoms with E-state index in [1.54, 1.807) is 30.3 Å². The summed E-state index contributed by atoms with van der Waals surface area (Å²) in [5.74, 6) is -2.56. The molecule has 30 heavy (non-hydrogen) atoms. The number of rotatable bonds is 6. The van der Waals surface area contributed by atoms with Gasteiger partial charge in [-0.3, -0.25) is 29.4 Å². The smallest absolute Gasteiger partial charge is 0.321 e. The second kappa shape index (κ2) is 9.51. The standard InChI is InChI=1S/C21H25N3O6/c1-22-21(29)23-18(26)17(13-7-3-2-4-8-13)30-16(25)11-12-24-19(27)14-9-5-6-10-15(14)20(24)28/h2-4,7-8,14-15,17H,5-6,9-12H2,1H3,(H2,22,23,26,29)/t14-,15+,17-/m0/s1. The van der Waals surface area contributed by atoms with Gasteiger partial charge in [0, 0.05) is 19.2 Å². The molecule has 1 heterocycles. The summed E-state index contributed by atoms with van der Waals surface area (Å²) in [6.07, 6.45) is 1.69. The molecule has 0 aromatic heterocycles. The summed E-state index contributed by atoms with van der Waals surface area (Å²) < 4.78 is 5.31. The van der Waals surface area contributed by atoms with E-state index in [1.165, 1.54) is 7.05 Å². The number of nitrogens with one attached hydrogen (secondary N) is 2. The Labute approximate surface area is 174 Å². The van der Waals surface area contributed by atoms with Gasteiger partial charge in [0.05, 0.1) is 18.3 Å². The average Bonchev–Trinajstić information content (AvgIpc) is 3.01. The van der Waals surface area contributed by atoms with Crippen molar-refractivity contribution < 1.29 is 28.7 Å². The highest BCUT2D eigenvalue weighted by Crippen LogP contribution is 2.38. The van der Waals surface area contributed by atoms with E-state index in [0.29, 0.717) is 18.4 Å². The molecule has 1 aromatic carbocycles. The van der Waals surface area contributed by atoms with Crippen molar-refractivity contribution in [3.8, 4) is 0 Å². The first kappa shape index (κ1) is 21.5. The number of ether oxygens (including phenoxy) is 1. The highest BCUT2D eigenvalue weighted by atomic mass is 16.5. The van der Waals surface area contributed by atoms with Gasteiger partial charge in [0.2, 0.25) is 17.9 Å². The molecule has 1 aromatic rings. The van der Waals surface area contributed by atoms with Crippen LogP contribution in [-0.2, 0) is 23.9 Å². The van der Waals surface area contributed by atoms with Gasteiger partial charge in [0.1, 0.15) is 0 Å². The largest absolute Gasteiger partial charge is 0.447 e. The average molecular weight is 415 g/mol. The second-order valence-electron chi connectivity index (χ2n) is 7.42. The lowest BCUT2D eigenvalue weighted by molar-refractivity contribution is -0.157. The molecule has 9 heteroatoms. The Balaban J connectivity index is 1.63. The second-order valence-corrected chi connectivity index (χ2v) is 7.42. The van der Waals surface area contributed by atoms with Crippen molar-refractivity contribution in [2.24, 2.45) is 11.8 Å². The van der Waals surface area contributed by atoms with Gasteiger partial charge in [-0.05, 0) is 12.8 Å². The number of benzene rings is 1. The predicted molar refractivity (Wildman–Crippen MR) is 105 cm³/mol. The Morgan fingerprint density at radius 3 is 2.23 bits per heavy atom. The van der Waals surface area contributed by atoms with Crippen molar-refractivity contribution in [2.75, 3.05) is 13.6 Å². The highest BCUT2D eigenvalue weighted by Gasteiger charge is 2.47. The van der Waals surface area contributed by atoms with Crippen LogP contribution in [0.15, 0.2) is 30.3 Å². The fourth-order valence-electron chi connectivity index (χ4n) is 3.99. The Bertz CT molecular complexity index is 816. The molecule has 1 aliphatic heterocycles. The maximum absolute atomic E-state index is 12.5. The van der Waals surface area contributed by atoms with Gasteiger partial charge >= 0.3 is 12.0 Å². The Hall–Kier alpha value is -3.23. The first-order valence-electron chi connectivity index (χ1n) is 10.0. The van der Waals surface area contributed by atoms with Crippen LogP contribution in [0.5, 0.6) is 0 Å². The van der Waals surface area contributed by atoms with E-state index in [9.17, 15) is 24.0 Å². The molecule has 2 fully saturated rings. The number of likely N-dealkylation sites (tertiary alicyclic amines) is 1. The van der Waals surface area contributed by atoms with Crippen molar-refractivity contribution in [2.45, 2.75) is 38.2 Å². The number of imide groups is 2. The molecule has 3 rings (SSSR count). The molecule has 0 radical (unpaired) electrons. The van der Waals surface area contributed by atoms with Crippen LogP contribution >= 0.6 is 0 Å². The zero-order chi connectivity index (χ0) is 21.7. The zero-order valence-electron chi connectivity index (χ0n) is 16.8. The monoisotopic (exact) mass is 415 g/mol. The number of amides is 5. The van der Waals surface area contributed by atoms with Crippen molar-refractivity contribution in [1.29, 1.82) is 0 Å². The van der Waals surface area contributed by atoms with Crippen LogP contribution in [0.25, 0.3) is 0 Å². The number of nitrogens with zero attached hydrogens (tertiary/aromatic N) is 1. The molecule has 2 aliphatic rings. The molecule has 1 saturated heterocycles. The fourth-order valence-corrected chi connectivity index (χ4v) is 3.99. The Kier molecular flexibility index (Phi) is 6.81. The van der Waals surface area contributed by atoms with Crippen molar-refractivity contribution in [3.63, 3.8) is 0 Å². The minimum atomic E-state index is -1.33. The van der Waals surface area contributed by atoms with E-state index < -0.39 is 24.0 Å². The summed E-state index contributed by atoms with van der Waals surface area (Å²) in [7, 11) is 1.35. The van der Waals surface area contributed by atoms with Crippen LogP contribution in [0.2, 0.25) is 0 Å². The summed E-state index contributed by atoms with van der Waals surface area (Å²) in [5, 5.41) is 4.35. The molecule has 160 valence electrons. The number of hydrogen-bond donors (Lipinski definition) is 2. The van der Waals surface area contributed by atoms with E-state index in [0.717, 1.165) is 17.7 Å². The summed E-state index contributed by atoms with van der Waals surface area (Å²) >= 11 is 0. The van der Waals surface area contributed by atoms with Gasteiger partial charge in [0.15, 0.2) is 0 Å². The minimum absolute atomic E-state index is 0.0813. The van der Waals surface area contributed by atoms with Gasteiger partial charge in [-0.2, -0.15) is 0 Å². The van der Waals surface area contributed by atoms with E-state index >= 15 is 0 Å². The first-order valence-corrected chi connectivity index (χ1v) is 10.0. The van der Waals surface area contributed by atoms with E-state index in [4.69, 9.17) is 4.74 Å². The lowest BCUT2D eigenvalue weighted by Gasteiger charge is -2.19. The predicted octanol–water partition coefficient (Wildman–Crippen LogP) is 1.29. The van der Waals surface area contributed by atoms with Crippen molar-refractivity contribution in [1.82, 2.24) is 15.5 Å².